The van der Waals surface area contributed by atoms with Crippen LogP contribution >= 0.6 is 11.6 Å². The number of carbonyl (C=O) groups is 1. The van der Waals surface area contributed by atoms with E-state index in [9.17, 15) is 4.79 Å². The van der Waals surface area contributed by atoms with Gasteiger partial charge in [0.05, 0.1) is 0 Å². The molecule has 1 atom stereocenters. The molecule has 0 aromatic heterocycles. The lowest BCUT2D eigenvalue weighted by Gasteiger charge is -2.16. The Hall–Kier alpha value is -1.22. The van der Waals surface area contributed by atoms with Gasteiger partial charge in [0.15, 0.2) is 6.10 Å². The molecule has 1 N–H and O–H groups in total. The van der Waals surface area contributed by atoms with E-state index in [2.05, 4.69) is 12.2 Å². The van der Waals surface area contributed by atoms with E-state index in [0.29, 0.717) is 10.8 Å². The van der Waals surface area contributed by atoms with E-state index in [-0.39, 0.29) is 5.91 Å². The predicted molar refractivity (Wildman–Crippen MR) is 102 cm³/mol. The van der Waals surface area contributed by atoms with Crippen LogP contribution in [-0.2, 0) is 4.79 Å². The van der Waals surface area contributed by atoms with Gasteiger partial charge in [-0.2, -0.15) is 0 Å². The maximum absolute atomic E-state index is 12.1. The molecule has 0 bridgehead atoms. The Bertz CT molecular complexity index is 491. The summed E-state index contributed by atoms with van der Waals surface area (Å²) in [6.07, 6.45) is 9.61. The summed E-state index contributed by atoms with van der Waals surface area (Å²) in [5.74, 6) is 0.640. The Balaban J connectivity index is 2.14. The van der Waals surface area contributed by atoms with Crippen LogP contribution in [0.25, 0.3) is 0 Å². The second-order valence-electron chi connectivity index (χ2n) is 6.44. The number of nitrogens with one attached hydrogen (secondary N) is 1. The van der Waals surface area contributed by atoms with Crippen LogP contribution in [0.4, 0.5) is 0 Å². The Kier molecular flexibility index (Phi) is 10.6. The van der Waals surface area contributed by atoms with Gasteiger partial charge in [-0.05, 0) is 44.0 Å². The highest BCUT2D eigenvalue weighted by molar-refractivity contribution is 6.30. The van der Waals surface area contributed by atoms with Crippen molar-refractivity contribution in [3.05, 3.63) is 28.8 Å². The lowest BCUT2D eigenvalue weighted by Crippen LogP contribution is -2.36. The quantitative estimate of drug-likeness (QED) is 0.491. The van der Waals surface area contributed by atoms with E-state index in [0.717, 1.165) is 18.5 Å². The van der Waals surface area contributed by atoms with E-state index < -0.39 is 6.10 Å². The molecule has 24 heavy (non-hydrogen) atoms. The standard InChI is InChI=1S/C20H32ClNO2/c1-4-5-6-7-8-9-10-11-14-22-20(23)17(3)24-19-13-12-18(21)15-16(19)2/h12-13,15,17H,4-11,14H2,1-3H3,(H,22,23). The van der Waals surface area contributed by atoms with Crippen molar-refractivity contribution in [1.29, 1.82) is 0 Å². The van der Waals surface area contributed by atoms with Gasteiger partial charge in [-0.1, -0.05) is 63.5 Å². The average molecular weight is 354 g/mol. The van der Waals surface area contributed by atoms with Crippen LogP contribution in [0.1, 0.15) is 70.8 Å². The number of carbonyl (C=O) groups excluding carboxylic acids is 1. The molecule has 0 saturated carbocycles. The first-order chi connectivity index (χ1) is 11.5. The molecule has 1 rings (SSSR count). The number of ether oxygens (including phenoxy) is 1. The summed E-state index contributed by atoms with van der Waals surface area (Å²) in [6, 6.07) is 5.41. The van der Waals surface area contributed by atoms with Crippen LogP contribution in [0.2, 0.25) is 5.02 Å². The molecule has 0 aliphatic rings. The van der Waals surface area contributed by atoms with Gasteiger partial charge in [0.25, 0.3) is 5.91 Å². The van der Waals surface area contributed by atoms with Crippen molar-refractivity contribution in [3.63, 3.8) is 0 Å². The fourth-order valence-corrected chi connectivity index (χ4v) is 2.83. The van der Waals surface area contributed by atoms with Crippen LogP contribution in [-0.4, -0.2) is 18.6 Å². The molecule has 1 aromatic carbocycles. The summed E-state index contributed by atoms with van der Waals surface area (Å²) in [5.41, 5.74) is 0.935. The summed E-state index contributed by atoms with van der Waals surface area (Å²) < 4.78 is 5.72. The Morgan fingerprint density at radius 1 is 1.12 bits per heavy atom. The molecule has 0 spiro atoms. The zero-order valence-corrected chi connectivity index (χ0v) is 16.1. The van der Waals surface area contributed by atoms with E-state index in [1.807, 2.05) is 13.0 Å². The molecule has 0 saturated heterocycles. The van der Waals surface area contributed by atoms with Crippen molar-refractivity contribution in [2.45, 2.75) is 78.2 Å². The topological polar surface area (TPSA) is 38.3 Å². The Morgan fingerprint density at radius 3 is 2.38 bits per heavy atom. The van der Waals surface area contributed by atoms with Gasteiger partial charge >= 0.3 is 0 Å². The molecule has 4 heteroatoms. The molecule has 1 amide bonds. The van der Waals surface area contributed by atoms with Crippen LogP contribution in [0.15, 0.2) is 18.2 Å². The maximum Gasteiger partial charge on any atom is 0.260 e. The molecule has 0 heterocycles. The largest absolute Gasteiger partial charge is 0.481 e. The number of hydrogen-bond donors (Lipinski definition) is 1. The van der Waals surface area contributed by atoms with Crippen LogP contribution in [0.5, 0.6) is 5.75 Å². The second kappa shape index (κ2) is 12.2. The molecule has 1 unspecified atom stereocenters. The van der Waals surface area contributed by atoms with Crippen LogP contribution < -0.4 is 10.1 Å². The van der Waals surface area contributed by atoms with Gasteiger partial charge in [0.2, 0.25) is 0 Å². The molecule has 0 fully saturated rings. The number of amides is 1. The summed E-state index contributed by atoms with van der Waals surface area (Å²) >= 11 is 5.93. The van der Waals surface area contributed by atoms with Crippen LogP contribution in [0, 0.1) is 6.92 Å². The first kappa shape index (κ1) is 20.8. The van der Waals surface area contributed by atoms with E-state index >= 15 is 0 Å². The van der Waals surface area contributed by atoms with Crippen LogP contribution in [0.3, 0.4) is 0 Å². The SMILES string of the molecule is CCCCCCCCCCNC(=O)C(C)Oc1ccc(Cl)cc1C. The fraction of sp³-hybridized carbons (Fsp3) is 0.650. The number of hydrogen-bond acceptors (Lipinski definition) is 2. The minimum atomic E-state index is -0.501. The van der Waals surface area contributed by atoms with Crippen molar-refractivity contribution in [1.82, 2.24) is 5.32 Å². The molecule has 0 aliphatic heterocycles. The number of unbranched alkanes of at least 4 members (excludes halogenated alkanes) is 7. The zero-order valence-electron chi connectivity index (χ0n) is 15.4. The average Bonchev–Trinajstić information content (AvgIpc) is 2.55. The van der Waals surface area contributed by atoms with Crippen molar-refractivity contribution in [2.24, 2.45) is 0 Å². The van der Waals surface area contributed by atoms with Gasteiger partial charge in [-0.25, -0.2) is 0 Å². The number of aryl methyl sites for hydroxylation is 1. The first-order valence-corrected chi connectivity index (χ1v) is 9.63. The van der Waals surface area contributed by atoms with Crippen molar-refractivity contribution < 1.29 is 9.53 Å². The maximum atomic E-state index is 12.1. The molecule has 0 radical (unpaired) electrons. The van der Waals surface area contributed by atoms with Gasteiger partial charge in [-0.15, -0.1) is 0 Å². The summed E-state index contributed by atoms with van der Waals surface area (Å²) in [4.78, 5) is 12.1. The highest BCUT2D eigenvalue weighted by Gasteiger charge is 2.15. The molecule has 1 aromatic rings. The zero-order chi connectivity index (χ0) is 17.8. The molecule has 3 nitrogen and oxygen atoms in total. The third-order valence-corrected chi connectivity index (χ3v) is 4.37. The number of benzene rings is 1. The van der Waals surface area contributed by atoms with Gasteiger partial charge in [0, 0.05) is 11.6 Å². The van der Waals surface area contributed by atoms with Gasteiger partial charge in [-0.3, -0.25) is 4.79 Å². The predicted octanol–water partition coefficient (Wildman–Crippen LogP) is 5.67. The fourth-order valence-electron chi connectivity index (χ4n) is 2.60. The first-order valence-electron chi connectivity index (χ1n) is 9.25. The van der Waals surface area contributed by atoms with Gasteiger partial charge in [0.1, 0.15) is 5.75 Å². The summed E-state index contributed by atoms with van der Waals surface area (Å²) in [6.45, 7) is 6.66. The molecule has 136 valence electrons. The van der Waals surface area contributed by atoms with E-state index in [1.165, 1.54) is 44.9 Å². The summed E-state index contributed by atoms with van der Waals surface area (Å²) in [7, 11) is 0. The van der Waals surface area contributed by atoms with Crippen molar-refractivity contribution in [3.8, 4) is 5.75 Å². The molecular weight excluding hydrogens is 322 g/mol. The molecular formula is C20H32ClNO2. The lowest BCUT2D eigenvalue weighted by molar-refractivity contribution is -0.127. The molecule has 0 aliphatic carbocycles. The van der Waals surface area contributed by atoms with Crippen molar-refractivity contribution >= 4 is 17.5 Å². The number of rotatable bonds is 12. The van der Waals surface area contributed by atoms with Gasteiger partial charge < -0.3 is 10.1 Å². The monoisotopic (exact) mass is 353 g/mol. The van der Waals surface area contributed by atoms with E-state index in [1.54, 1.807) is 19.1 Å². The third kappa shape index (κ3) is 8.58. The Labute approximate surface area is 152 Å². The normalized spacial score (nSPS) is 12.0. The van der Waals surface area contributed by atoms with E-state index in [4.69, 9.17) is 16.3 Å². The minimum absolute atomic E-state index is 0.0627. The minimum Gasteiger partial charge on any atom is -0.481 e. The van der Waals surface area contributed by atoms with Crippen molar-refractivity contribution in [2.75, 3.05) is 6.54 Å². The Morgan fingerprint density at radius 2 is 1.75 bits per heavy atom. The smallest absolute Gasteiger partial charge is 0.260 e. The highest BCUT2D eigenvalue weighted by atomic mass is 35.5. The third-order valence-electron chi connectivity index (χ3n) is 4.14. The highest BCUT2D eigenvalue weighted by Crippen LogP contribution is 2.22. The summed E-state index contributed by atoms with van der Waals surface area (Å²) in [5, 5.41) is 3.63. The lowest BCUT2D eigenvalue weighted by atomic mass is 10.1. The number of halogens is 1. The second-order valence-corrected chi connectivity index (χ2v) is 6.87.